The highest BCUT2D eigenvalue weighted by atomic mass is 127. The van der Waals surface area contributed by atoms with Gasteiger partial charge in [0, 0.05) is 31.8 Å². The van der Waals surface area contributed by atoms with Crippen LogP contribution in [0.5, 0.6) is 0 Å². The molecule has 0 radical (unpaired) electrons. The van der Waals surface area contributed by atoms with Crippen molar-refractivity contribution in [3.63, 3.8) is 0 Å². The average molecular weight is 471 g/mol. The van der Waals surface area contributed by atoms with E-state index in [1.54, 1.807) is 7.05 Å². The van der Waals surface area contributed by atoms with Gasteiger partial charge in [-0.15, -0.1) is 24.0 Å². The number of nitrogens with zero attached hydrogens (tertiary/aromatic N) is 1. The maximum Gasteiger partial charge on any atom is 0.190 e. The normalized spacial score (nSPS) is 20.5. The first kappa shape index (κ1) is 22.0. The second-order valence-electron chi connectivity index (χ2n) is 7.57. The second kappa shape index (κ2) is 10.2. The van der Waals surface area contributed by atoms with Gasteiger partial charge in [-0.05, 0) is 25.2 Å². The number of hydrogen-bond acceptors (Lipinski definition) is 3. The predicted molar refractivity (Wildman–Crippen MR) is 112 cm³/mol. The van der Waals surface area contributed by atoms with Gasteiger partial charge < -0.3 is 10.6 Å². The predicted octanol–water partition coefficient (Wildman–Crippen LogP) is 2.95. The van der Waals surface area contributed by atoms with E-state index in [0.29, 0.717) is 6.54 Å². The zero-order valence-electron chi connectivity index (χ0n) is 15.1. The van der Waals surface area contributed by atoms with E-state index in [-0.39, 0.29) is 35.1 Å². The minimum absolute atomic E-state index is 0. The first-order valence-corrected chi connectivity index (χ1v) is 11.1. The number of guanidine groups is 1. The number of aliphatic imine (C=N–C) groups is 1. The second-order valence-corrected chi connectivity index (χ2v) is 9.71. The molecule has 24 heavy (non-hydrogen) atoms. The van der Waals surface area contributed by atoms with Gasteiger partial charge in [0.1, 0.15) is 9.84 Å². The van der Waals surface area contributed by atoms with Crippen LogP contribution in [0.1, 0.15) is 57.8 Å². The van der Waals surface area contributed by atoms with Crippen molar-refractivity contribution in [1.29, 1.82) is 0 Å². The van der Waals surface area contributed by atoms with Gasteiger partial charge in [-0.3, -0.25) is 4.99 Å². The van der Waals surface area contributed by atoms with Gasteiger partial charge in [0.15, 0.2) is 5.96 Å². The molecule has 2 aliphatic rings. The Morgan fingerprint density at radius 2 is 1.83 bits per heavy atom. The van der Waals surface area contributed by atoms with Crippen LogP contribution in [-0.2, 0) is 9.84 Å². The average Bonchev–Trinajstić information content (AvgIpc) is 3.02. The minimum atomic E-state index is -2.91. The molecule has 0 spiro atoms. The van der Waals surface area contributed by atoms with Crippen molar-refractivity contribution in [3.8, 4) is 0 Å². The Balaban J connectivity index is 0.00000288. The molecular weight excluding hydrogens is 437 g/mol. The van der Waals surface area contributed by atoms with Gasteiger partial charge in [-0.2, -0.15) is 0 Å². The Kier molecular flexibility index (Phi) is 9.33. The smallest absolute Gasteiger partial charge is 0.190 e. The fourth-order valence-corrected chi connectivity index (χ4v) is 5.16. The number of nitrogens with one attached hydrogen (secondary N) is 2. The van der Waals surface area contributed by atoms with E-state index in [0.717, 1.165) is 31.3 Å². The molecule has 0 amide bonds. The molecule has 7 heteroatoms. The molecule has 2 fully saturated rings. The SMILES string of the molecule is CN=C(NCCCCC1CCCC1)NCC1(CS(C)(=O)=O)CC1.I. The first-order chi connectivity index (χ1) is 10.9. The van der Waals surface area contributed by atoms with Gasteiger partial charge in [-0.25, -0.2) is 8.42 Å². The standard InChI is InChI=1S/C17H33N3O2S.HI/c1-18-16(19-12-6-5-9-15-7-3-4-8-15)20-13-17(10-11-17)14-23(2,21)22;/h15H,3-14H2,1-2H3,(H2,18,19,20);1H. The highest BCUT2D eigenvalue weighted by Gasteiger charge is 2.45. The number of halogens is 1. The molecule has 0 aliphatic heterocycles. The zero-order valence-corrected chi connectivity index (χ0v) is 18.3. The summed E-state index contributed by atoms with van der Waals surface area (Å²) in [7, 11) is -1.14. The Morgan fingerprint density at radius 3 is 2.38 bits per heavy atom. The number of unbranched alkanes of at least 4 members (excludes halogenated alkanes) is 1. The molecule has 0 heterocycles. The number of hydrogen-bond donors (Lipinski definition) is 2. The number of sulfone groups is 1. The molecule has 0 aromatic carbocycles. The van der Waals surface area contributed by atoms with Crippen LogP contribution in [0.25, 0.3) is 0 Å². The largest absolute Gasteiger partial charge is 0.356 e. The molecule has 2 saturated carbocycles. The van der Waals surface area contributed by atoms with Crippen molar-refractivity contribution < 1.29 is 8.42 Å². The van der Waals surface area contributed by atoms with E-state index < -0.39 is 9.84 Å². The van der Waals surface area contributed by atoms with E-state index in [2.05, 4.69) is 15.6 Å². The zero-order chi connectivity index (χ0) is 16.8. The third-order valence-corrected chi connectivity index (χ3v) is 6.32. The Morgan fingerprint density at radius 1 is 1.17 bits per heavy atom. The quantitative estimate of drug-likeness (QED) is 0.235. The fraction of sp³-hybridized carbons (Fsp3) is 0.941. The summed E-state index contributed by atoms with van der Waals surface area (Å²) in [6.45, 7) is 1.63. The first-order valence-electron chi connectivity index (χ1n) is 9.05. The van der Waals surface area contributed by atoms with Gasteiger partial charge in [0.25, 0.3) is 0 Å². The van der Waals surface area contributed by atoms with Gasteiger partial charge in [0.05, 0.1) is 5.75 Å². The molecule has 0 unspecified atom stereocenters. The van der Waals surface area contributed by atoms with Gasteiger partial charge in [0.2, 0.25) is 0 Å². The lowest BCUT2D eigenvalue weighted by atomic mass is 10.0. The summed E-state index contributed by atoms with van der Waals surface area (Å²) in [4.78, 5) is 4.24. The van der Waals surface area contributed by atoms with Crippen LogP contribution in [0.2, 0.25) is 0 Å². The highest BCUT2D eigenvalue weighted by molar-refractivity contribution is 14.0. The molecule has 2 N–H and O–H groups in total. The molecule has 2 aliphatic carbocycles. The molecule has 0 saturated heterocycles. The summed E-state index contributed by atoms with van der Waals surface area (Å²) in [5, 5.41) is 6.65. The van der Waals surface area contributed by atoms with Gasteiger partial charge >= 0.3 is 0 Å². The van der Waals surface area contributed by atoms with Crippen LogP contribution in [0.15, 0.2) is 4.99 Å². The topological polar surface area (TPSA) is 70.6 Å². The van der Waals surface area contributed by atoms with E-state index in [1.165, 1.54) is 51.2 Å². The third-order valence-electron chi connectivity index (χ3n) is 5.19. The molecule has 0 bridgehead atoms. The van der Waals surface area contributed by atoms with E-state index >= 15 is 0 Å². The van der Waals surface area contributed by atoms with Crippen LogP contribution >= 0.6 is 24.0 Å². The minimum Gasteiger partial charge on any atom is -0.356 e. The molecule has 0 aromatic heterocycles. The lowest BCUT2D eigenvalue weighted by molar-refractivity contribution is 0.472. The maximum atomic E-state index is 11.5. The summed E-state index contributed by atoms with van der Waals surface area (Å²) >= 11 is 0. The van der Waals surface area contributed by atoms with Crippen LogP contribution < -0.4 is 10.6 Å². The molecule has 5 nitrogen and oxygen atoms in total. The Labute approximate surface area is 164 Å². The monoisotopic (exact) mass is 471 g/mol. The molecule has 2 rings (SSSR count). The van der Waals surface area contributed by atoms with Crippen LogP contribution in [0, 0.1) is 11.3 Å². The van der Waals surface area contributed by atoms with Crippen molar-refractivity contribution in [1.82, 2.24) is 10.6 Å². The Bertz CT molecular complexity index is 498. The van der Waals surface area contributed by atoms with E-state index in [1.807, 2.05) is 0 Å². The maximum absolute atomic E-state index is 11.5. The Hall–Kier alpha value is -0.0500. The molecule has 0 aromatic rings. The molecule has 142 valence electrons. The lowest BCUT2D eigenvalue weighted by Gasteiger charge is -2.18. The van der Waals surface area contributed by atoms with Crippen molar-refractivity contribution in [3.05, 3.63) is 0 Å². The summed E-state index contributed by atoms with van der Waals surface area (Å²) in [5.74, 6) is 2.05. The van der Waals surface area contributed by atoms with Crippen molar-refractivity contribution >= 4 is 39.8 Å². The van der Waals surface area contributed by atoms with Crippen LogP contribution in [-0.4, -0.2) is 46.5 Å². The van der Waals surface area contributed by atoms with E-state index in [4.69, 9.17) is 0 Å². The van der Waals surface area contributed by atoms with Crippen LogP contribution in [0.4, 0.5) is 0 Å². The van der Waals surface area contributed by atoms with Crippen LogP contribution in [0.3, 0.4) is 0 Å². The van der Waals surface area contributed by atoms with Gasteiger partial charge in [-0.1, -0.05) is 38.5 Å². The summed E-state index contributed by atoms with van der Waals surface area (Å²) in [5.41, 5.74) is -0.0618. The third kappa shape index (κ3) is 8.36. The fourth-order valence-electron chi connectivity index (χ4n) is 3.66. The van der Waals surface area contributed by atoms with E-state index in [9.17, 15) is 8.42 Å². The molecule has 0 atom stereocenters. The van der Waals surface area contributed by atoms with Crippen molar-refractivity contribution in [2.45, 2.75) is 57.8 Å². The summed E-state index contributed by atoms with van der Waals surface area (Å²) in [6, 6.07) is 0. The summed E-state index contributed by atoms with van der Waals surface area (Å²) < 4.78 is 23.0. The van der Waals surface area contributed by atoms with Crippen molar-refractivity contribution in [2.24, 2.45) is 16.3 Å². The van der Waals surface area contributed by atoms with Crippen molar-refractivity contribution in [2.75, 3.05) is 32.1 Å². The lowest BCUT2D eigenvalue weighted by Crippen LogP contribution is -2.41. The molecular formula is C17H34IN3O2S. The highest BCUT2D eigenvalue weighted by Crippen LogP contribution is 2.45. The summed E-state index contributed by atoms with van der Waals surface area (Å²) in [6.07, 6.45) is 12.8. The number of rotatable bonds is 9.